The molecule has 1 amide bonds. The maximum Gasteiger partial charge on any atom is 0.410 e. The lowest BCUT2D eigenvalue weighted by Gasteiger charge is -2.34. The summed E-state index contributed by atoms with van der Waals surface area (Å²) in [6.45, 7) is 1.91. The Morgan fingerprint density at radius 2 is 1.97 bits per heavy atom. The number of hydrogen-bond donors (Lipinski definition) is 2. The van der Waals surface area contributed by atoms with Gasteiger partial charge >= 0.3 is 6.18 Å². The second-order valence-corrected chi connectivity index (χ2v) is 6.95. The predicted molar refractivity (Wildman–Crippen MR) is 102 cm³/mol. The highest BCUT2D eigenvalue weighted by Gasteiger charge is 2.47. The van der Waals surface area contributed by atoms with E-state index in [2.05, 4.69) is 20.7 Å². The minimum atomic E-state index is -4.50. The lowest BCUT2D eigenvalue weighted by Crippen LogP contribution is -2.36. The Kier molecular flexibility index (Phi) is 4.73. The van der Waals surface area contributed by atoms with E-state index in [4.69, 9.17) is 0 Å². The second-order valence-electron chi connectivity index (χ2n) is 6.95. The topological polar surface area (TPSA) is 71.8 Å². The summed E-state index contributed by atoms with van der Waals surface area (Å²) >= 11 is 0. The first kappa shape index (κ1) is 19.0. The highest BCUT2D eigenvalue weighted by molar-refractivity contribution is 6.07. The van der Waals surface area contributed by atoms with Crippen LogP contribution in [0, 0.1) is 6.92 Å². The first-order valence-corrected chi connectivity index (χ1v) is 9.01. The molecule has 3 heterocycles. The van der Waals surface area contributed by atoms with Gasteiger partial charge in [-0.15, -0.1) is 0 Å². The molecule has 150 valence electrons. The lowest BCUT2D eigenvalue weighted by atomic mass is 9.96. The summed E-state index contributed by atoms with van der Waals surface area (Å²) < 4.78 is 42.0. The zero-order valence-electron chi connectivity index (χ0n) is 15.4. The minimum absolute atomic E-state index is 0.0416. The molecule has 2 aromatic heterocycles. The van der Waals surface area contributed by atoms with E-state index in [-0.39, 0.29) is 17.8 Å². The molecule has 0 spiro atoms. The van der Waals surface area contributed by atoms with Crippen molar-refractivity contribution in [3.63, 3.8) is 0 Å². The number of fused-ring (bicyclic) bond motifs is 1. The van der Waals surface area contributed by atoms with Crippen LogP contribution in [0.2, 0.25) is 0 Å². The number of anilines is 2. The molecule has 3 aromatic rings. The standard InChI is InChI=1S/C20H18F3N5O/c1-12-4-6-13(7-5-12)16-9-17(20(21,22)23)28-18(27-16)15(11-25-28)19(29)26-14-3-2-8-24-10-14/h2-8,10-11,16-17,27H,9H2,1H3,(H,26,29)/t16-,17-/m1/s1. The van der Waals surface area contributed by atoms with E-state index in [1.54, 1.807) is 30.5 Å². The third-order valence-corrected chi connectivity index (χ3v) is 4.88. The fourth-order valence-electron chi connectivity index (χ4n) is 3.38. The molecule has 0 radical (unpaired) electrons. The molecule has 9 heteroatoms. The van der Waals surface area contributed by atoms with Gasteiger partial charge in [0.1, 0.15) is 11.4 Å². The predicted octanol–water partition coefficient (Wildman–Crippen LogP) is 4.50. The molecule has 0 aliphatic carbocycles. The van der Waals surface area contributed by atoms with Crippen LogP contribution in [-0.4, -0.2) is 26.8 Å². The molecule has 0 unspecified atom stereocenters. The molecule has 2 atom stereocenters. The Bertz CT molecular complexity index is 1010. The highest BCUT2D eigenvalue weighted by atomic mass is 19.4. The summed E-state index contributed by atoms with van der Waals surface area (Å²) in [5, 5.41) is 9.58. The number of hydrogen-bond acceptors (Lipinski definition) is 4. The van der Waals surface area contributed by atoms with Crippen molar-refractivity contribution < 1.29 is 18.0 Å². The number of nitrogens with one attached hydrogen (secondary N) is 2. The van der Waals surface area contributed by atoms with E-state index in [0.717, 1.165) is 22.0 Å². The molecule has 1 aliphatic rings. The molecule has 2 N–H and O–H groups in total. The summed E-state index contributed by atoms with van der Waals surface area (Å²) in [5.74, 6) is -0.511. The summed E-state index contributed by atoms with van der Waals surface area (Å²) in [6.07, 6.45) is -0.549. The van der Waals surface area contributed by atoms with E-state index in [1.165, 1.54) is 6.20 Å². The van der Waals surface area contributed by atoms with Gasteiger partial charge in [-0.25, -0.2) is 4.68 Å². The molecule has 0 saturated heterocycles. The number of carbonyl (C=O) groups is 1. The van der Waals surface area contributed by atoms with Crippen molar-refractivity contribution in [1.82, 2.24) is 14.8 Å². The zero-order chi connectivity index (χ0) is 20.6. The van der Waals surface area contributed by atoms with E-state index in [9.17, 15) is 18.0 Å². The average molecular weight is 401 g/mol. The van der Waals surface area contributed by atoms with E-state index in [1.807, 2.05) is 19.1 Å². The fraction of sp³-hybridized carbons (Fsp3) is 0.250. The van der Waals surface area contributed by atoms with Gasteiger partial charge in [0.2, 0.25) is 0 Å². The number of amides is 1. The van der Waals surface area contributed by atoms with Gasteiger partial charge in [0.05, 0.1) is 24.1 Å². The van der Waals surface area contributed by atoms with Gasteiger partial charge in [-0.1, -0.05) is 29.8 Å². The third-order valence-electron chi connectivity index (χ3n) is 4.88. The van der Waals surface area contributed by atoms with Gasteiger partial charge in [0.25, 0.3) is 5.91 Å². The monoisotopic (exact) mass is 401 g/mol. The van der Waals surface area contributed by atoms with Crippen molar-refractivity contribution in [3.8, 4) is 0 Å². The van der Waals surface area contributed by atoms with Crippen molar-refractivity contribution in [3.05, 3.63) is 71.7 Å². The maximum atomic E-state index is 13.7. The average Bonchev–Trinajstić information content (AvgIpc) is 3.12. The second kappa shape index (κ2) is 7.23. The van der Waals surface area contributed by atoms with Crippen LogP contribution in [0.5, 0.6) is 0 Å². The van der Waals surface area contributed by atoms with Crippen molar-refractivity contribution in [2.24, 2.45) is 0 Å². The van der Waals surface area contributed by atoms with Crippen LogP contribution in [0.1, 0.15) is 40.0 Å². The fourth-order valence-corrected chi connectivity index (χ4v) is 3.38. The molecule has 1 aliphatic heterocycles. The first-order chi connectivity index (χ1) is 13.8. The van der Waals surface area contributed by atoms with Crippen molar-refractivity contribution in [2.45, 2.75) is 31.6 Å². The van der Waals surface area contributed by atoms with Gasteiger partial charge in [-0.2, -0.15) is 18.3 Å². The molecule has 6 nitrogen and oxygen atoms in total. The molecular formula is C20H18F3N5O. The number of aromatic nitrogens is 3. The van der Waals surface area contributed by atoms with Crippen LogP contribution in [0.15, 0.2) is 55.0 Å². The number of benzene rings is 1. The normalized spacial score (nSPS) is 18.6. The maximum absolute atomic E-state index is 13.7. The summed E-state index contributed by atoms with van der Waals surface area (Å²) in [5.41, 5.74) is 2.21. The van der Waals surface area contributed by atoms with Crippen molar-refractivity contribution in [1.29, 1.82) is 0 Å². The zero-order valence-corrected chi connectivity index (χ0v) is 15.4. The molecule has 0 fully saturated rings. The van der Waals surface area contributed by atoms with Crippen LogP contribution < -0.4 is 10.6 Å². The van der Waals surface area contributed by atoms with Crippen LogP contribution in [-0.2, 0) is 0 Å². The number of aryl methyl sites for hydroxylation is 1. The van der Waals surface area contributed by atoms with Gasteiger partial charge < -0.3 is 10.6 Å². The molecule has 0 saturated carbocycles. The number of alkyl halides is 3. The Morgan fingerprint density at radius 3 is 2.62 bits per heavy atom. The number of halogens is 3. The molecular weight excluding hydrogens is 383 g/mol. The van der Waals surface area contributed by atoms with Crippen molar-refractivity contribution >= 4 is 17.4 Å². The molecule has 0 bridgehead atoms. The molecule has 4 rings (SSSR count). The van der Waals surface area contributed by atoms with Crippen LogP contribution in [0.3, 0.4) is 0 Å². The lowest BCUT2D eigenvalue weighted by molar-refractivity contribution is -0.173. The minimum Gasteiger partial charge on any atom is -0.363 e. The SMILES string of the molecule is Cc1ccc([C@H]2C[C@H](C(F)(F)F)n3ncc(C(=O)Nc4cccnc4)c3N2)cc1. The smallest absolute Gasteiger partial charge is 0.363 e. The summed E-state index contributed by atoms with van der Waals surface area (Å²) in [4.78, 5) is 16.6. The van der Waals surface area contributed by atoms with Crippen LogP contribution >= 0.6 is 0 Å². The van der Waals surface area contributed by atoms with E-state index < -0.39 is 24.2 Å². The first-order valence-electron chi connectivity index (χ1n) is 9.01. The summed E-state index contributed by atoms with van der Waals surface area (Å²) in [7, 11) is 0. The molecule has 29 heavy (non-hydrogen) atoms. The quantitative estimate of drug-likeness (QED) is 0.678. The Morgan fingerprint density at radius 1 is 1.21 bits per heavy atom. The largest absolute Gasteiger partial charge is 0.410 e. The van der Waals surface area contributed by atoms with Gasteiger partial charge in [-0.05, 0) is 24.6 Å². The Balaban J connectivity index is 1.69. The van der Waals surface area contributed by atoms with E-state index >= 15 is 0 Å². The highest BCUT2D eigenvalue weighted by Crippen LogP contribution is 2.44. The van der Waals surface area contributed by atoms with Crippen LogP contribution in [0.25, 0.3) is 0 Å². The number of nitrogens with zero attached hydrogens (tertiary/aromatic N) is 3. The van der Waals surface area contributed by atoms with Gasteiger partial charge in [-0.3, -0.25) is 9.78 Å². The van der Waals surface area contributed by atoms with Crippen LogP contribution in [0.4, 0.5) is 24.7 Å². The van der Waals surface area contributed by atoms with Gasteiger partial charge in [0, 0.05) is 12.6 Å². The summed E-state index contributed by atoms with van der Waals surface area (Å²) in [6, 6.07) is 8.14. The van der Waals surface area contributed by atoms with Crippen molar-refractivity contribution in [2.75, 3.05) is 10.6 Å². The Hall–Kier alpha value is -3.36. The Labute approximate surface area is 164 Å². The number of pyridine rings is 1. The van der Waals surface area contributed by atoms with E-state index in [0.29, 0.717) is 5.69 Å². The number of carbonyl (C=O) groups excluding carboxylic acids is 1. The van der Waals surface area contributed by atoms with Gasteiger partial charge in [0.15, 0.2) is 6.04 Å². The number of rotatable bonds is 3. The molecule has 1 aromatic carbocycles. The third kappa shape index (κ3) is 3.80.